The first-order valence-corrected chi connectivity index (χ1v) is 11.0. The fourth-order valence-electron chi connectivity index (χ4n) is 4.46. The molecule has 2 atom stereocenters. The van der Waals surface area contributed by atoms with Crippen molar-refractivity contribution >= 4 is 34.4 Å². The highest BCUT2D eigenvalue weighted by molar-refractivity contribution is 6.30. The Kier molecular flexibility index (Phi) is 6.37. The fourth-order valence-corrected chi connectivity index (χ4v) is 4.59. The van der Waals surface area contributed by atoms with Crippen LogP contribution in [0.25, 0.3) is 10.9 Å². The van der Waals surface area contributed by atoms with Crippen molar-refractivity contribution in [3.8, 4) is 5.75 Å². The molecule has 0 fully saturated rings. The standard InChI is InChI=1S/C24H24ClFN2O4/c1-2-20(24(30)31)28-21-9-5-15(26)11-18(21)19-12-16(6-10-22(19)28)27-23(29)13-32-17-7-3-14(25)4-8-17/h3-5,7-9,11,16,20H,2,6,10,12-13H2,1H3,(H,27,29)(H,30,31). The van der Waals surface area contributed by atoms with Gasteiger partial charge in [0, 0.05) is 27.7 Å². The minimum atomic E-state index is -0.911. The van der Waals surface area contributed by atoms with Gasteiger partial charge < -0.3 is 19.7 Å². The molecule has 0 spiro atoms. The van der Waals surface area contributed by atoms with E-state index in [1.807, 2.05) is 11.5 Å². The fraction of sp³-hybridized carbons (Fsp3) is 0.333. The third kappa shape index (κ3) is 4.43. The van der Waals surface area contributed by atoms with Crippen molar-refractivity contribution in [1.29, 1.82) is 0 Å². The maximum Gasteiger partial charge on any atom is 0.326 e. The van der Waals surface area contributed by atoms with Crippen LogP contribution in [0.4, 0.5) is 4.39 Å². The van der Waals surface area contributed by atoms with Crippen LogP contribution in [0, 0.1) is 5.82 Å². The molecule has 0 aliphatic heterocycles. The van der Waals surface area contributed by atoms with Crippen LogP contribution in [-0.2, 0) is 22.4 Å². The normalized spacial score (nSPS) is 16.4. The number of halogens is 2. The number of carbonyl (C=O) groups is 2. The smallest absolute Gasteiger partial charge is 0.326 e. The van der Waals surface area contributed by atoms with Gasteiger partial charge in [-0.1, -0.05) is 18.5 Å². The molecule has 4 rings (SSSR count). The molecule has 0 saturated carbocycles. The van der Waals surface area contributed by atoms with Gasteiger partial charge in [-0.2, -0.15) is 0 Å². The first-order valence-electron chi connectivity index (χ1n) is 10.6. The highest BCUT2D eigenvalue weighted by Crippen LogP contribution is 2.36. The van der Waals surface area contributed by atoms with Crippen LogP contribution >= 0.6 is 11.6 Å². The highest BCUT2D eigenvalue weighted by atomic mass is 35.5. The molecule has 0 radical (unpaired) electrons. The van der Waals surface area contributed by atoms with E-state index in [4.69, 9.17) is 16.3 Å². The number of aromatic nitrogens is 1. The van der Waals surface area contributed by atoms with E-state index in [2.05, 4.69) is 5.32 Å². The van der Waals surface area contributed by atoms with E-state index < -0.39 is 12.0 Å². The lowest BCUT2D eigenvalue weighted by molar-refractivity contribution is -0.141. The molecule has 1 heterocycles. The van der Waals surface area contributed by atoms with Crippen LogP contribution in [0.1, 0.15) is 37.1 Å². The molecule has 8 heteroatoms. The summed E-state index contributed by atoms with van der Waals surface area (Å²) in [6, 6.07) is 10.3. The predicted molar refractivity (Wildman–Crippen MR) is 120 cm³/mol. The van der Waals surface area contributed by atoms with Crippen molar-refractivity contribution < 1.29 is 23.8 Å². The zero-order valence-electron chi connectivity index (χ0n) is 17.6. The molecule has 3 aromatic rings. The number of nitrogens with one attached hydrogen (secondary N) is 1. The van der Waals surface area contributed by atoms with E-state index in [0.29, 0.717) is 47.4 Å². The zero-order chi connectivity index (χ0) is 22.8. The van der Waals surface area contributed by atoms with Gasteiger partial charge in [0.05, 0.1) is 0 Å². The number of hydrogen-bond donors (Lipinski definition) is 2. The number of aliphatic carboxylic acids is 1. The van der Waals surface area contributed by atoms with E-state index >= 15 is 0 Å². The van der Waals surface area contributed by atoms with E-state index in [9.17, 15) is 19.1 Å². The van der Waals surface area contributed by atoms with Gasteiger partial charge in [0.2, 0.25) is 0 Å². The van der Waals surface area contributed by atoms with Gasteiger partial charge in [0.25, 0.3) is 5.91 Å². The SMILES string of the molecule is CCC(C(=O)O)n1c2c(c3cc(F)ccc31)CC(NC(=O)COc1ccc(Cl)cc1)CC2. The summed E-state index contributed by atoms with van der Waals surface area (Å²) in [5.41, 5.74) is 2.51. The Morgan fingerprint density at radius 3 is 2.72 bits per heavy atom. The molecule has 2 unspecified atom stereocenters. The van der Waals surface area contributed by atoms with Crippen LogP contribution in [0.2, 0.25) is 5.02 Å². The molecule has 1 amide bonds. The number of benzene rings is 2. The van der Waals surface area contributed by atoms with Crippen LogP contribution in [-0.4, -0.2) is 34.2 Å². The van der Waals surface area contributed by atoms with E-state index in [0.717, 1.165) is 11.3 Å². The number of carboxylic acids is 1. The van der Waals surface area contributed by atoms with Gasteiger partial charge in [0.1, 0.15) is 17.6 Å². The molecular weight excluding hydrogens is 435 g/mol. The van der Waals surface area contributed by atoms with Gasteiger partial charge in [-0.3, -0.25) is 4.79 Å². The van der Waals surface area contributed by atoms with Crippen LogP contribution < -0.4 is 10.1 Å². The van der Waals surface area contributed by atoms with Crippen molar-refractivity contribution in [3.63, 3.8) is 0 Å². The van der Waals surface area contributed by atoms with Crippen LogP contribution in [0.3, 0.4) is 0 Å². The number of nitrogens with zero attached hydrogens (tertiary/aromatic N) is 1. The summed E-state index contributed by atoms with van der Waals surface area (Å²) >= 11 is 5.85. The van der Waals surface area contributed by atoms with Crippen molar-refractivity contribution in [1.82, 2.24) is 9.88 Å². The number of carbonyl (C=O) groups excluding carboxylic acids is 1. The molecule has 0 bridgehead atoms. The summed E-state index contributed by atoms with van der Waals surface area (Å²) in [4.78, 5) is 24.3. The Balaban J connectivity index is 1.53. The summed E-state index contributed by atoms with van der Waals surface area (Å²) in [5.74, 6) is -0.983. The average molecular weight is 459 g/mol. The molecule has 1 aromatic heterocycles. The number of rotatable bonds is 7. The second-order valence-corrected chi connectivity index (χ2v) is 8.41. The maximum absolute atomic E-state index is 14.0. The van der Waals surface area contributed by atoms with Crippen molar-refractivity contribution in [2.24, 2.45) is 0 Å². The molecule has 0 saturated heterocycles. The zero-order valence-corrected chi connectivity index (χ0v) is 18.4. The lowest BCUT2D eigenvalue weighted by Crippen LogP contribution is -2.41. The second kappa shape index (κ2) is 9.20. The van der Waals surface area contributed by atoms with Crippen molar-refractivity contribution in [2.75, 3.05) is 6.61 Å². The van der Waals surface area contributed by atoms with Crippen LogP contribution in [0.5, 0.6) is 5.75 Å². The summed E-state index contributed by atoms with van der Waals surface area (Å²) in [5, 5.41) is 14.0. The quantitative estimate of drug-likeness (QED) is 0.545. The Morgan fingerprint density at radius 2 is 2.03 bits per heavy atom. The van der Waals surface area contributed by atoms with Gasteiger partial charge in [-0.15, -0.1) is 0 Å². The Hall–Kier alpha value is -3.06. The molecule has 32 heavy (non-hydrogen) atoms. The summed E-state index contributed by atoms with van der Waals surface area (Å²) < 4.78 is 21.4. The van der Waals surface area contributed by atoms with E-state index in [-0.39, 0.29) is 24.4 Å². The lowest BCUT2D eigenvalue weighted by atomic mass is 9.91. The second-order valence-electron chi connectivity index (χ2n) is 7.97. The van der Waals surface area contributed by atoms with Crippen LogP contribution in [0.15, 0.2) is 42.5 Å². The minimum Gasteiger partial charge on any atom is -0.484 e. The van der Waals surface area contributed by atoms with E-state index in [1.165, 1.54) is 12.1 Å². The van der Waals surface area contributed by atoms with E-state index in [1.54, 1.807) is 30.3 Å². The highest BCUT2D eigenvalue weighted by Gasteiger charge is 2.31. The Bertz CT molecular complexity index is 1160. The Morgan fingerprint density at radius 1 is 1.28 bits per heavy atom. The molecule has 6 nitrogen and oxygen atoms in total. The largest absolute Gasteiger partial charge is 0.484 e. The Labute approximate surface area is 189 Å². The number of carboxylic acid groups (broad SMARTS) is 1. The molecule has 1 aliphatic carbocycles. The predicted octanol–water partition coefficient (Wildman–Crippen LogP) is 4.52. The number of hydrogen-bond acceptors (Lipinski definition) is 3. The summed E-state index contributed by atoms with van der Waals surface area (Å²) in [6.45, 7) is 1.70. The van der Waals surface area contributed by atoms with Gasteiger partial charge in [-0.25, -0.2) is 9.18 Å². The van der Waals surface area contributed by atoms with Gasteiger partial charge in [0.15, 0.2) is 6.61 Å². The maximum atomic E-state index is 14.0. The molecule has 2 N–H and O–H groups in total. The van der Waals surface area contributed by atoms with Crippen molar-refractivity contribution in [3.05, 3.63) is 64.6 Å². The molecule has 1 aliphatic rings. The lowest BCUT2D eigenvalue weighted by Gasteiger charge is -2.26. The van der Waals surface area contributed by atoms with Gasteiger partial charge in [-0.05, 0) is 73.7 Å². The number of fused-ring (bicyclic) bond motifs is 3. The monoisotopic (exact) mass is 458 g/mol. The summed E-state index contributed by atoms with van der Waals surface area (Å²) in [6.07, 6.45) is 2.18. The topological polar surface area (TPSA) is 80.6 Å². The first-order chi connectivity index (χ1) is 15.4. The number of ether oxygens (including phenoxy) is 1. The third-order valence-corrected chi connectivity index (χ3v) is 6.15. The first kappa shape index (κ1) is 22.1. The molecule has 168 valence electrons. The number of amides is 1. The van der Waals surface area contributed by atoms with Gasteiger partial charge >= 0.3 is 5.97 Å². The van der Waals surface area contributed by atoms with Crippen molar-refractivity contribution in [2.45, 2.75) is 44.7 Å². The molecule has 2 aromatic carbocycles. The minimum absolute atomic E-state index is 0.127. The average Bonchev–Trinajstić information content (AvgIpc) is 3.07. The summed E-state index contributed by atoms with van der Waals surface area (Å²) in [7, 11) is 0. The molecular formula is C24H24ClFN2O4. The third-order valence-electron chi connectivity index (χ3n) is 5.89.